The van der Waals surface area contributed by atoms with Crippen LogP contribution in [-0.2, 0) is 4.79 Å². The first-order valence-corrected chi connectivity index (χ1v) is 7.99. The third-order valence-electron chi connectivity index (χ3n) is 4.15. The predicted octanol–water partition coefficient (Wildman–Crippen LogP) is 3.29. The molecule has 1 aliphatic rings. The van der Waals surface area contributed by atoms with Crippen molar-refractivity contribution in [3.8, 4) is 0 Å². The molecule has 2 aromatic rings. The van der Waals surface area contributed by atoms with Gasteiger partial charge in [-0.3, -0.25) is 9.59 Å². The van der Waals surface area contributed by atoms with Gasteiger partial charge in [0.25, 0.3) is 5.91 Å². The first-order chi connectivity index (χ1) is 10.5. The van der Waals surface area contributed by atoms with Crippen molar-refractivity contribution in [3.05, 3.63) is 34.5 Å². The lowest BCUT2D eigenvalue weighted by Crippen LogP contribution is -2.42. The lowest BCUT2D eigenvalue weighted by atomic mass is 9.98. The molecule has 1 aromatic carbocycles. The Balaban J connectivity index is 1.91. The van der Waals surface area contributed by atoms with Crippen molar-refractivity contribution < 1.29 is 19.1 Å². The minimum absolute atomic E-state index is 0.148. The largest absolute Gasteiger partial charge is 0.481 e. The number of carboxylic acids is 1. The molecule has 0 bridgehead atoms. The van der Waals surface area contributed by atoms with Gasteiger partial charge in [0.15, 0.2) is 0 Å². The molecule has 2 heterocycles. The molecular weight excluding hydrogens is 305 g/mol. The molecule has 6 heteroatoms. The van der Waals surface area contributed by atoms with Gasteiger partial charge in [-0.15, -0.1) is 11.3 Å². The third-order valence-corrected chi connectivity index (χ3v) is 5.39. The zero-order valence-electron chi connectivity index (χ0n) is 12.1. The summed E-state index contributed by atoms with van der Waals surface area (Å²) in [5, 5.41) is 10.0. The number of benzene rings is 1. The molecule has 0 saturated carbocycles. The number of carbonyl (C=O) groups excluding carboxylic acids is 1. The van der Waals surface area contributed by atoms with Crippen molar-refractivity contribution in [3.63, 3.8) is 0 Å². The second kappa shape index (κ2) is 5.68. The average molecular weight is 321 g/mol. The second-order valence-electron chi connectivity index (χ2n) is 5.63. The molecule has 22 heavy (non-hydrogen) atoms. The highest BCUT2D eigenvalue weighted by atomic mass is 32.1. The van der Waals surface area contributed by atoms with Gasteiger partial charge in [0, 0.05) is 17.8 Å². The van der Waals surface area contributed by atoms with E-state index in [1.165, 1.54) is 23.5 Å². The van der Waals surface area contributed by atoms with Crippen molar-refractivity contribution in [2.24, 2.45) is 5.92 Å². The summed E-state index contributed by atoms with van der Waals surface area (Å²) in [6, 6.07) is 4.50. The number of fused-ring (bicyclic) bond motifs is 1. The molecule has 0 radical (unpaired) electrons. The molecule has 1 aromatic heterocycles. The molecule has 0 spiro atoms. The van der Waals surface area contributed by atoms with Crippen LogP contribution < -0.4 is 0 Å². The van der Waals surface area contributed by atoms with E-state index in [4.69, 9.17) is 5.11 Å². The number of halogens is 1. The Kier molecular flexibility index (Phi) is 3.87. The normalized spacial score (nSPS) is 18.6. The van der Waals surface area contributed by atoms with Crippen molar-refractivity contribution in [1.29, 1.82) is 0 Å². The number of hydrogen-bond donors (Lipinski definition) is 1. The van der Waals surface area contributed by atoms with Crippen molar-refractivity contribution >= 4 is 33.3 Å². The number of thiophene rings is 1. The maximum atomic E-state index is 13.3. The monoisotopic (exact) mass is 321 g/mol. The van der Waals surface area contributed by atoms with E-state index in [9.17, 15) is 14.0 Å². The van der Waals surface area contributed by atoms with Crippen LogP contribution in [0.3, 0.4) is 0 Å². The zero-order chi connectivity index (χ0) is 15.9. The maximum absolute atomic E-state index is 13.3. The summed E-state index contributed by atoms with van der Waals surface area (Å²) in [4.78, 5) is 26.0. The fourth-order valence-electron chi connectivity index (χ4n) is 2.91. The first kappa shape index (κ1) is 15.0. The van der Waals surface area contributed by atoms with Crippen LogP contribution in [-0.4, -0.2) is 35.0 Å². The van der Waals surface area contributed by atoms with Gasteiger partial charge < -0.3 is 10.0 Å². The van der Waals surface area contributed by atoms with Crippen LogP contribution in [0.1, 0.15) is 28.1 Å². The quantitative estimate of drug-likeness (QED) is 0.923. The summed E-state index contributed by atoms with van der Waals surface area (Å²) in [5.41, 5.74) is 0.836. The molecule has 0 aliphatic carbocycles. The number of carbonyl (C=O) groups is 2. The van der Waals surface area contributed by atoms with E-state index >= 15 is 0 Å². The van der Waals surface area contributed by atoms with Gasteiger partial charge in [-0.2, -0.15) is 0 Å². The summed E-state index contributed by atoms with van der Waals surface area (Å²) in [6.07, 6.45) is 1.30. The van der Waals surface area contributed by atoms with Gasteiger partial charge in [0.1, 0.15) is 5.82 Å². The van der Waals surface area contributed by atoms with E-state index in [1.807, 2.05) is 6.92 Å². The molecule has 1 N–H and O–H groups in total. The van der Waals surface area contributed by atoms with Crippen LogP contribution in [0.2, 0.25) is 0 Å². The van der Waals surface area contributed by atoms with Crippen molar-refractivity contribution in [2.75, 3.05) is 13.1 Å². The van der Waals surface area contributed by atoms with E-state index in [2.05, 4.69) is 0 Å². The van der Waals surface area contributed by atoms with E-state index in [-0.39, 0.29) is 18.3 Å². The number of aryl methyl sites for hydroxylation is 1. The van der Waals surface area contributed by atoms with Gasteiger partial charge in [-0.05, 0) is 42.8 Å². The van der Waals surface area contributed by atoms with Gasteiger partial charge in [0.05, 0.1) is 10.8 Å². The zero-order valence-corrected chi connectivity index (χ0v) is 13.0. The number of amides is 1. The molecule has 1 saturated heterocycles. The van der Waals surface area contributed by atoms with Gasteiger partial charge in [-0.25, -0.2) is 4.39 Å². The van der Waals surface area contributed by atoms with Crippen LogP contribution in [0.25, 0.3) is 10.1 Å². The summed E-state index contributed by atoms with van der Waals surface area (Å²) in [5.74, 6) is -1.82. The molecule has 116 valence electrons. The number of nitrogens with zero attached hydrogens (tertiary/aromatic N) is 1. The highest BCUT2D eigenvalue weighted by Crippen LogP contribution is 2.33. The Labute approximate surface area is 131 Å². The topological polar surface area (TPSA) is 57.6 Å². The van der Waals surface area contributed by atoms with Crippen LogP contribution in [0, 0.1) is 18.7 Å². The average Bonchev–Trinajstić information content (AvgIpc) is 2.83. The van der Waals surface area contributed by atoms with Crippen LogP contribution in [0.5, 0.6) is 0 Å². The Hall–Kier alpha value is -1.95. The smallest absolute Gasteiger partial charge is 0.308 e. The van der Waals surface area contributed by atoms with Gasteiger partial charge >= 0.3 is 5.97 Å². The van der Waals surface area contributed by atoms with Crippen molar-refractivity contribution in [1.82, 2.24) is 4.90 Å². The Morgan fingerprint density at radius 2 is 2.18 bits per heavy atom. The molecule has 1 amide bonds. The number of carboxylic acid groups (broad SMARTS) is 1. The lowest BCUT2D eigenvalue weighted by molar-refractivity contribution is -0.143. The predicted molar refractivity (Wildman–Crippen MR) is 82.8 cm³/mol. The number of hydrogen-bond acceptors (Lipinski definition) is 3. The number of rotatable bonds is 2. The standard InChI is InChI=1S/C16H16FNO3S/c1-9-12-5-4-11(17)7-13(12)22-14(9)15(19)18-6-2-3-10(8-18)16(20)21/h4-5,7,10H,2-3,6,8H2,1H3,(H,20,21)/t10-/m0/s1. The van der Waals surface area contributed by atoms with Crippen LogP contribution >= 0.6 is 11.3 Å². The van der Waals surface area contributed by atoms with Crippen molar-refractivity contribution in [2.45, 2.75) is 19.8 Å². The molecule has 0 unspecified atom stereocenters. The Morgan fingerprint density at radius 3 is 2.91 bits per heavy atom. The SMILES string of the molecule is Cc1c(C(=O)N2CCC[C@H](C(=O)O)C2)sc2cc(F)ccc12. The Morgan fingerprint density at radius 1 is 1.41 bits per heavy atom. The fraction of sp³-hybridized carbons (Fsp3) is 0.375. The molecule has 4 nitrogen and oxygen atoms in total. The second-order valence-corrected chi connectivity index (χ2v) is 6.68. The minimum atomic E-state index is -0.854. The lowest BCUT2D eigenvalue weighted by Gasteiger charge is -2.30. The van der Waals surface area contributed by atoms with E-state index in [1.54, 1.807) is 11.0 Å². The Bertz CT molecular complexity index is 755. The fourth-order valence-corrected chi connectivity index (χ4v) is 4.11. The van der Waals surface area contributed by atoms with E-state index in [0.717, 1.165) is 15.6 Å². The molecular formula is C16H16FNO3S. The third kappa shape index (κ3) is 2.59. The summed E-state index contributed by atoms with van der Waals surface area (Å²) < 4.78 is 14.1. The van der Waals surface area contributed by atoms with E-state index < -0.39 is 11.9 Å². The molecule has 1 atom stereocenters. The number of aliphatic carboxylic acids is 1. The number of likely N-dealkylation sites (tertiary alicyclic amines) is 1. The summed E-state index contributed by atoms with van der Waals surface area (Å²) >= 11 is 1.27. The van der Waals surface area contributed by atoms with Gasteiger partial charge in [-0.1, -0.05) is 6.07 Å². The highest BCUT2D eigenvalue weighted by Gasteiger charge is 2.30. The highest BCUT2D eigenvalue weighted by molar-refractivity contribution is 7.21. The minimum Gasteiger partial charge on any atom is -0.481 e. The summed E-state index contributed by atoms with van der Waals surface area (Å²) in [7, 11) is 0. The first-order valence-electron chi connectivity index (χ1n) is 7.18. The van der Waals surface area contributed by atoms with E-state index in [0.29, 0.717) is 24.3 Å². The van der Waals surface area contributed by atoms with Crippen LogP contribution in [0.4, 0.5) is 4.39 Å². The van der Waals surface area contributed by atoms with Gasteiger partial charge in [0.2, 0.25) is 0 Å². The maximum Gasteiger partial charge on any atom is 0.308 e. The molecule has 3 rings (SSSR count). The van der Waals surface area contributed by atoms with Crippen LogP contribution in [0.15, 0.2) is 18.2 Å². The summed E-state index contributed by atoms with van der Waals surface area (Å²) in [6.45, 7) is 2.67. The number of piperidine rings is 1. The molecule has 1 fully saturated rings. The molecule has 1 aliphatic heterocycles.